The van der Waals surface area contributed by atoms with Crippen molar-refractivity contribution in [2.24, 2.45) is 29.1 Å². The molecule has 0 aromatic heterocycles. The number of rotatable bonds is 4. The first-order chi connectivity index (χ1) is 12.2. The van der Waals surface area contributed by atoms with Gasteiger partial charge in [0.15, 0.2) is 0 Å². The molecule has 0 amide bonds. The van der Waals surface area contributed by atoms with E-state index in [1.807, 2.05) is 0 Å². The fourth-order valence-corrected chi connectivity index (χ4v) is 8.04. The lowest BCUT2D eigenvalue weighted by Gasteiger charge is -2.56. The zero-order valence-corrected chi connectivity index (χ0v) is 15.8. The highest BCUT2D eigenvalue weighted by atomic mass is 16.5. The van der Waals surface area contributed by atoms with Gasteiger partial charge in [0.05, 0.1) is 32.2 Å². The molecule has 4 saturated carbocycles. The maximum atomic E-state index is 12.7. The second-order valence-corrected chi connectivity index (χ2v) is 10.4. The van der Waals surface area contributed by atoms with Crippen molar-refractivity contribution < 1.29 is 14.4 Å². The van der Waals surface area contributed by atoms with Gasteiger partial charge in [0.2, 0.25) is 0 Å². The Morgan fingerprint density at radius 3 is 2.32 bits per heavy atom. The average Bonchev–Trinajstić information content (AvgIpc) is 2.58. The molecule has 0 spiro atoms. The van der Waals surface area contributed by atoms with E-state index in [1.165, 1.54) is 83.7 Å². The normalized spacial score (nSPS) is 48.2. The van der Waals surface area contributed by atoms with Crippen LogP contribution in [0.25, 0.3) is 0 Å². The molecule has 3 atom stereocenters. The smallest absolute Gasteiger partial charge is 0.306 e. The predicted octanol–water partition coefficient (Wildman–Crippen LogP) is 2.98. The van der Waals surface area contributed by atoms with Gasteiger partial charge >= 0.3 is 5.97 Å². The Labute approximate surface area is 152 Å². The summed E-state index contributed by atoms with van der Waals surface area (Å²) in [5, 5.41) is 0. The first-order valence-electron chi connectivity index (χ1n) is 11.2. The Kier molecular flexibility index (Phi) is 4.35. The Hall–Kier alpha value is -0.570. The summed E-state index contributed by atoms with van der Waals surface area (Å²) < 4.78 is 5.92. The van der Waals surface area contributed by atoms with Crippen molar-refractivity contribution in [2.75, 3.05) is 19.7 Å². The van der Waals surface area contributed by atoms with Crippen molar-refractivity contribution in [1.82, 2.24) is 0 Å². The van der Waals surface area contributed by atoms with Crippen LogP contribution in [0.4, 0.5) is 0 Å². The van der Waals surface area contributed by atoms with E-state index in [0.29, 0.717) is 17.9 Å². The molecule has 25 heavy (non-hydrogen) atoms. The quantitative estimate of drug-likeness (QED) is 0.794. The summed E-state index contributed by atoms with van der Waals surface area (Å²) >= 11 is 0. The minimum absolute atomic E-state index is 0.130. The van der Waals surface area contributed by atoms with Crippen molar-refractivity contribution in [3.05, 3.63) is 0 Å². The van der Waals surface area contributed by atoms with E-state index in [9.17, 15) is 4.79 Å². The Morgan fingerprint density at radius 1 is 0.920 bits per heavy atom. The number of quaternary nitrogens is 1. The van der Waals surface area contributed by atoms with Gasteiger partial charge in [-0.1, -0.05) is 0 Å². The van der Waals surface area contributed by atoms with Gasteiger partial charge in [-0.2, -0.15) is 0 Å². The van der Waals surface area contributed by atoms with Crippen LogP contribution in [0.3, 0.4) is 0 Å². The van der Waals surface area contributed by atoms with Crippen molar-refractivity contribution in [3.63, 3.8) is 0 Å². The fourth-order valence-electron chi connectivity index (χ4n) is 8.04. The van der Waals surface area contributed by atoms with E-state index < -0.39 is 0 Å². The van der Waals surface area contributed by atoms with Crippen LogP contribution >= 0.6 is 0 Å². The van der Waals surface area contributed by atoms with E-state index in [0.717, 1.165) is 30.2 Å². The molecule has 3 heteroatoms. The molecule has 6 aliphatic rings. The van der Waals surface area contributed by atoms with Crippen molar-refractivity contribution >= 4 is 5.97 Å². The van der Waals surface area contributed by atoms with Crippen LogP contribution in [-0.2, 0) is 9.53 Å². The Bertz CT molecular complexity index is 479. The highest BCUT2D eigenvalue weighted by Gasteiger charge is 2.51. The lowest BCUT2D eigenvalue weighted by molar-refractivity contribution is -0.940. The van der Waals surface area contributed by atoms with Crippen LogP contribution in [0.2, 0.25) is 0 Å². The number of carbonyl (C=O) groups excluding carboxylic acids is 1. The van der Waals surface area contributed by atoms with Crippen LogP contribution in [-0.4, -0.2) is 31.7 Å². The van der Waals surface area contributed by atoms with Crippen LogP contribution in [0.5, 0.6) is 0 Å². The SMILES string of the molecule is O=C(CC12CC3CC(CC(C3)C1)C2)OC[C@@H]1CCC[NH+]2CCCC[C@H]12. The molecule has 1 N–H and O–H groups in total. The minimum atomic E-state index is 0.130. The fraction of sp³-hybridized carbons (Fsp3) is 0.955. The molecule has 0 radical (unpaired) electrons. The van der Waals surface area contributed by atoms with E-state index in [1.54, 1.807) is 4.90 Å². The highest BCUT2D eigenvalue weighted by Crippen LogP contribution is 2.61. The number of ether oxygens (including phenoxy) is 1. The largest absolute Gasteiger partial charge is 0.465 e. The van der Waals surface area contributed by atoms with Gasteiger partial charge in [0, 0.05) is 5.92 Å². The standard InChI is InChI=1S/C22H35NO2/c24-21(14-22-11-16-8-17(12-22)10-18(9-16)13-22)25-15-19-4-3-7-23-6-2-1-5-20(19)23/h16-20H,1-15H2/p+1/t16?,17?,18?,19-,20+,22?/m0/s1. The first kappa shape index (κ1) is 16.6. The van der Waals surface area contributed by atoms with E-state index in [-0.39, 0.29) is 5.97 Å². The summed E-state index contributed by atoms with van der Waals surface area (Å²) in [5.41, 5.74) is 0.334. The Morgan fingerprint density at radius 2 is 1.60 bits per heavy atom. The molecule has 3 nitrogen and oxygen atoms in total. The molecule has 6 rings (SSSR count). The third-order valence-electron chi connectivity index (χ3n) is 8.57. The molecular formula is C22H36NO2+. The minimum Gasteiger partial charge on any atom is -0.465 e. The van der Waals surface area contributed by atoms with E-state index >= 15 is 0 Å². The molecule has 4 aliphatic carbocycles. The van der Waals surface area contributed by atoms with E-state index in [2.05, 4.69) is 0 Å². The summed E-state index contributed by atoms with van der Waals surface area (Å²) in [6, 6.07) is 0.773. The Balaban J connectivity index is 1.16. The number of nitrogens with one attached hydrogen (secondary N) is 1. The molecular weight excluding hydrogens is 310 g/mol. The summed E-state index contributed by atoms with van der Waals surface area (Å²) in [6.07, 6.45) is 15.8. The van der Waals surface area contributed by atoms with Gasteiger partial charge in [-0.25, -0.2) is 0 Å². The number of hydrogen-bond donors (Lipinski definition) is 1. The van der Waals surface area contributed by atoms with Crippen molar-refractivity contribution in [1.29, 1.82) is 0 Å². The molecule has 2 aliphatic heterocycles. The van der Waals surface area contributed by atoms with Crippen LogP contribution in [0.1, 0.15) is 77.0 Å². The third-order valence-corrected chi connectivity index (χ3v) is 8.57. The van der Waals surface area contributed by atoms with Gasteiger partial charge in [0.25, 0.3) is 0 Å². The molecule has 2 saturated heterocycles. The molecule has 1 unspecified atom stereocenters. The summed E-state index contributed by atoms with van der Waals surface area (Å²) in [4.78, 5) is 14.5. The zero-order chi connectivity index (χ0) is 16.9. The summed E-state index contributed by atoms with van der Waals surface area (Å²) in [6.45, 7) is 3.41. The van der Waals surface area contributed by atoms with E-state index in [4.69, 9.17) is 4.74 Å². The second-order valence-electron chi connectivity index (χ2n) is 10.4. The molecule has 0 aromatic rings. The molecule has 140 valence electrons. The molecule has 4 bridgehead atoms. The van der Waals surface area contributed by atoms with Gasteiger partial charge in [-0.15, -0.1) is 0 Å². The number of esters is 1. The number of piperidine rings is 2. The third kappa shape index (κ3) is 3.26. The summed E-state index contributed by atoms with van der Waals surface area (Å²) in [7, 11) is 0. The number of fused-ring (bicyclic) bond motifs is 1. The number of hydrogen-bond acceptors (Lipinski definition) is 2. The van der Waals surface area contributed by atoms with Crippen LogP contribution in [0, 0.1) is 29.1 Å². The average molecular weight is 347 g/mol. The molecule has 6 fully saturated rings. The predicted molar refractivity (Wildman–Crippen MR) is 97.2 cm³/mol. The molecule has 0 aromatic carbocycles. The van der Waals surface area contributed by atoms with Crippen molar-refractivity contribution in [3.8, 4) is 0 Å². The lowest BCUT2D eigenvalue weighted by Crippen LogP contribution is -3.18. The topological polar surface area (TPSA) is 30.7 Å². The second kappa shape index (κ2) is 6.55. The van der Waals surface area contributed by atoms with Gasteiger partial charge < -0.3 is 9.64 Å². The van der Waals surface area contributed by atoms with Crippen molar-refractivity contribution in [2.45, 2.75) is 83.1 Å². The summed E-state index contributed by atoms with van der Waals surface area (Å²) in [5.74, 6) is 3.54. The maximum absolute atomic E-state index is 12.7. The molecule has 2 heterocycles. The highest BCUT2D eigenvalue weighted by molar-refractivity contribution is 5.70. The van der Waals surface area contributed by atoms with Crippen LogP contribution < -0.4 is 4.90 Å². The van der Waals surface area contributed by atoms with Gasteiger partial charge in [-0.3, -0.25) is 4.79 Å². The lowest BCUT2D eigenvalue weighted by atomic mass is 9.49. The monoisotopic (exact) mass is 346 g/mol. The van der Waals surface area contributed by atoms with Gasteiger partial charge in [0.1, 0.15) is 0 Å². The maximum Gasteiger partial charge on any atom is 0.306 e. The zero-order valence-electron chi connectivity index (χ0n) is 15.8. The van der Waals surface area contributed by atoms with Crippen LogP contribution in [0.15, 0.2) is 0 Å². The first-order valence-corrected chi connectivity index (χ1v) is 11.2. The van der Waals surface area contributed by atoms with Gasteiger partial charge in [-0.05, 0) is 93.8 Å². The number of carbonyl (C=O) groups is 1.